The van der Waals surface area contributed by atoms with Crippen LogP contribution in [0.5, 0.6) is 0 Å². The largest absolute Gasteiger partial charge is 0.393 e. The first kappa shape index (κ1) is 35.8. The second kappa shape index (κ2) is 16.8. The molecule has 1 aliphatic rings. The van der Waals surface area contributed by atoms with Crippen molar-refractivity contribution in [1.29, 1.82) is 0 Å². The lowest BCUT2D eigenvalue weighted by Crippen LogP contribution is -2.67. The quantitative estimate of drug-likeness (QED) is 0.114. The first-order valence-corrected chi connectivity index (χ1v) is 18.1. The molecule has 0 aliphatic carbocycles. The molecule has 5 aromatic carbocycles. The van der Waals surface area contributed by atoms with Crippen LogP contribution < -0.4 is 0 Å². The number of nitrogens with zero attached hydrogens (tertiary/aromatic N) is 1. The number of rotatable bonds is 15. The minimum absolute atomic E-state index is 0.227. The van der Waals surface area contributed by atoms with Gasteiger partial charge < -0.3 is 33.7 Å². The molecule has 7 heteroatoms. The summed E-state index contributed by atoms with van der Waals surface area (Å²) >= 11 is 0. The molecular formula is C45H47NO6. The molecule has 0 unspecified atom stereocenters. The van der Waals surface area contributed by atoms with Crippen molar-refractivity contribution >= 4 is 10.9 Å². The van der Waals surface area contributed by atoms with Crippen molar-refractivity contribution in [3.63, 3.8) is 0 Å². The lowest BCUT2D eigenvalue weighted by molar-refractivity contribution is -0.331. The van der Waals surface area contributed by atoms with Gasteiger partial charge in [-0.2, -0.15) is 0 Å². The van der Waals surface area contributed by atoms with E-state index in [1.807, 2.05) is 103 Å². The summed E-state index contributed by atoms with van der Waals surface area (Å²) in [5.74, 6) is 0. The van der Waals surface area contributed by atoms with Gasteiger partial charge in [-0.05, 0) is 52.3 Å². The van der Waals surface area contributed by atoms with Crippen molar-refractivity contribution in [3.05, 3.63) is 179 Å². The number of aryl methyl sites for hydroxylation is 1. The Bertz CT molecular complexity index is 1980. The number of para-hydroxylation sites is 1. The fraction of sp³-hybridized carbons (Fsp3) is 0.289. The van der Waals surface area contributed by atoms with E-state index in [0.717, 1.165) is 46.0 Å². The highest BCUT2D eigenvalue weighted by atomic mass is 16.6. The van der Waals surface area contributed by atoms with Crippen LogP contribution in [0.4, 0.5) is 0 Å². The molecule has 0 amide bonds. The Morgan fingerprint density at radius 2 is 1.08 bits per heavy atom. The van der Waals surface area contributed by atoms with Gasteiger partial charge in [-0.3, -0.25) is 0 Å². The first-order chi connectivity index (χ1) is 25.6. The van der Waals surface area contributed by atoms with E-state index in [1.54, 1.807) is 0 Å². The molecule has 2 N–H and O–H groups in total. The summed E-state index contributed by atoms with van der Waals surface area (Å²) in [4.78, 5) is 0. The maximum absolute atomic E-state index is 11.2. The molecule has 0 spiro atoms. The van der Waals surface area contributed by atoms with Crippen molar-refractivity contribution in [2.24, 2.45) is 0 Å². The fourth-order valence-electron chi connectivity index (χ4n) is 7.17. The average Bonchev–Trinajstić information content (AvgIpc) is 3.57. The number of fused-ring (bicyclic) bond motifs is 1. The zero-order valence-electron chi connectivity index (χ0n) is 29.6. The number of ether oxygens (including phenoxy) is 4. The molecule has 0 bridgehead atoms. The van der Waals surface area contributed by atoms with E-state index in [1.165, 1.54) is 11.1 Å². The maximum Gasteiger partial charge on any atom is 0.164 e. The molecule has 1 aromatic heterocycles. The van der Waals surface area contributed by atoms with E-state index < -0.39 is 43.4 Å². The van der Waals surface area contributed by atoms with Crippen molar-refractivity contribution in [3.8, 4) is 0 Å². The molecule has 268 valence electrons. The summed E-state index contributed by atoms with van der Waals surface area (Å²) in [5.41, 5.74) is 6.01. The number of aromatic nitrogens is 1. The van der Waals surface area contributed by atoms with E-state index in [2.05, 4.69) is 54.1 Å². The molecule has 4 atom stereocenters. The Morgan fingerprint density at radius 1 is 0.577 bits per heavy atom. The Labute approximate surface area is 306 Å². The standard InChI is InChI=1S/C45H47NO6/c1-2-33-22-24-34(25-23-33)26-38-27-46(40-21-13-12-20-39(38)40)44-42(50-29-36-16-8-4-9-17-36)41(49-28-35-14-6-3-7-15-35)43(45(31-47,32-48)52-44)51-30-37-18-10-5-11-19-37/h3-25,27,41-44,47-48H,2,26,28-32H2,1H3/t41-,42-,43+,44+/m1/s1. The van der Waals surface area contributed by atoms with Gasteiger partial charge in [-0.25, -0.2) is 0 Å². The normalized spacial score (nSPS) is 19.9. The van der Waals surface area contributed by atoms with Crippen molar-refractivity contribution in [2.45, 2.75) is 69.7 Å². The van der Waals surface area contributed by atoms with E-state index in [4.69, 9.17) is 18.9 Å². The predicted molar refractivity (Wildman–Crippen MR) is 203 cm³/mol. The van der Waals surface area contributed by atoms with Crippen molar-refractivity contribution < 1.29 is 29.2 Å². The maximum atomic E-state index is 11.2. The zero-order valence-corrected chi connectivity index (χ0v) is 29.6. The zero-order chi connectivity index (χ0) is 35.8. The van der Waals surface area contributed by atoms with Crippen LogP contribution in [0.3, 0.4) is 0 Å². The van der Waals surface area contributed by atoms with Crippen molar-refractivity contribution in [1.82, 2.24) is 4.57 Å². The molecular weight excluding hydrogens is 650 g/mol. The summed E-state index contributed by atoms with van der Waals surface area (Å²) < 4.78 is 29.5. The summed E-state index contributed by atoms with van der Waals surface area (Å²) in [7, 11) is 0. The third kappa shape index (κ3) is 7.91. The van der Waals surface area contributed by atoms with Gasteiger partial charge in [0.2, 0.25) is 0 Å². The van der Waals surface area contributed by atoms with E-state index in [-0.39, 0.29) is 13.2 Å². The minimum Gasteiger partial charge on any atom is -0.393 e. The monoisotopic (exact) mass is 697 g/mol. The molecule has 1 fully saturated rings. The van der Waals surface area contributed by atoms with E-state index in [0.29, 0.717) is 6.61 Å². The van der Waals surface area contributed by atoms with E-state index >= 15 is 0 Å². The van der Waals surface area contributed by atoms with Crippen LogP contribution in [0.15, 0.2) is 146 Å². The third-order valence-electron chi connectivity index (χ3n) is 10.1. The Morgan fingerprint density at radius 3 is 1.63 bits per heavy atom. The molecule has 6 aromatic rings. The number of aliphatic hydroxyl groups excluding tert-OH is 2. The Kier molecular flexibility index (Phi) is 11.6. The molecule has 2 heterocycles. The average molecular weight is 698 g/mol. The fourth-order valence-corrected chi connectivity index (χ4v) is 7.17. The summed E-state index contributed by atoms with van der Waals surface area (Å²) in [6.07, 6.45) is 0.704. The summed E-state index contributed by atoms with van der Waals surface area (Å²) in [5, 5.41) is 23.4. The highest BCUT2D eigenvalue weighted by Gasteiger charge is 2.57. The summed E-state index contributed by atoms with van der Waals surface area (Å²) in [6, 6.07) is 46.9. The second-order valence-corrected chi connectivity index (χ2v) is 13.6. The Balaban J connectivity index is 1.33. The topological polar surface area (TPSA) is 82.3 Å². The summed E-state index contributed by atoms with van der Waals surface area (Å²) in [6.45, 7) is 1.97. The predicted octanol–water partition coefficient (Wildman–Crippen LogP) is 7.80. The minimum atomic E-state index is -1.52. The van der Waals surface area contributed by atoms with Crippen LogP contribution in [0, 0.1) is 0 Å². The number of hydrogen-bond donors (Lipinski definition) is 2. The van der Waals surface area contributed by atoms with Crippen LogP contribution >= 0.6 is 0 Å². The van der Waals surface area contributed by atoms with Gasteiger partial charge >= 0.3 is 0 Å². The molecule has 52 heavy (non-hydrogen) atoms. The SMILES string of the molecule is CCc1ccc(Cc2cn([C@H]3OC(CO)(CO)[C@@H](OCc4ccccc4)[C@H](OCc4ccccc4)[C@H]3OCc3ccccc3)c3ccccc23)cc1. The molecule has 1 aliphatic heterocycles. The van der Waals surface area contributed by atoms with Gasteiger partial charge in [0.25, 0.3) is 0 Å². The molecule has 7 rings (SSSR count). The van der Waals surface area contributed by atoms with Gasteiger partial charge in [0.15, 0.2) is 6.23 Å². The lowest BCUT2D eigenvalue weighted by Gasteiger charge is -2.52. The molecule has 1 saturated heterocycles. The molecule has 7 nitrogen and oxygen atoms in total. The Hall–Kier alpha value is -4.60. The number of aliphatic hydroxyl groups is 2. The van der Waals surface area contributed by atoms with Gasteiger partial charge in [0, 0.05) is 11.6 Å². The van der Waals surface area contributed by atoms with Gasteiger partial charge in [-0.15, -0.1) is 0 Å². The van der Waals surface area contributed by atoms with Crippen molar-refractivity contribution in [2.75, 3.05) is 13.2 Å². The van der Waals surface area contributed by atoms with Gasteiger partial charge in [0.05, 0.1) is 38.6 Å². The van der Waals surface area contributed by atoms with Gasteiger partial charge in [0.1, 0.15) is 23.9 Å². The lowest BCUT2D eigenvalue weighted by atomic mass is 9.86. The smallest absolute Gasteiger partial charge is 0.164 e. The second-order valence-electron chi connectivity index (χ2n) is 13.6. The number of benzene rings is 5. The molecule has 0 saturated carbocycles. The van der Waals surface area contributed by atoms with Gasteiger partial charge in [-0.1, -0.05) is 140 Å². The van der Waals surface area contributed by atoms with Crippen LogP contribution in [-0.4, -0.2) is 51.9 Å². The molecule has 0 radical (unpaired) electrons. The van der Waals surface area contributed by atoms with Crippen LogP contribution in [0.2, 0.25) is 0 Å². The van der Waals surface area contributed by atoms with E-state index in [9.17, 15) is 10.2 Å². The third-order valence-corrected chi connectivity index (χ3v) is 10.1. The van der Waals surface area contributed by atoms with Crippen LogP contribution in [0.25, 0.3) is 10.9 Å². The first-order valence-electron chi connectivity index (χ1n) is 18.1. The highest BCUT2D eigenvalue weighted by molar-refractivity contribution is 5.84. The highest BCUT2D eigenvalue weighted by Crippen LogP contribution is 2.43. The number of hydrogen-bond acceptors (Lipinski definition) is 6. The van der Waals surface area contributed by atoms with Crippen LogP contribution in [0.1, 0.15) is 46.5 Å². The van der Waals surface area contributed by atoms with Crippen LogP contribution in [-0.2, 0) is 51.6 Å².